The van der Waals surface area contributed by atoms with Crippen LogP contribution in [0.4, 0.5) is 29.9 Å². The summed E-state index contributed by atoms with van der Waals surface area (Å²) < 4.78 is 97.4. The third-order valence-corrected chi connectivity index (χ3v) is 16.7. The first kappa shape index (κ1) is 34.3. The molecule has 0 radical (unpaired) electrons. The molecule has 1 spiro atoms. The Bertz CT molecular complexity index is 2250. The summed E-state index contributed by atoms with van der Waals surface area (Å²) in [6.45, 7) is 1.83. The Morgan fingerprint density at radius 3 is 2.25 bits per heavy atom. The van der Waals surface area contributed by atoms with Crippen LogP contribution >= 0.6 is 23.1 Å². The number of halogens is 3. The highest BCUT2D eigenvalue weighted by molar-refractivity contribution is 8.00. The van der Waals surface area contributed by atoms with Gasteiger partial charge in [0.05, 0.1) is 33.5 Å². The average molecular weight is 790 g/mol. The Hall–Kier alpha value is -3.45. The predicted octanol–water partition coefficient (Wildman–Crippen LogP) is 5.24. The van der Waals surface area contributed by atoms with Gasteiger partial charge in [-0.2, -0.15) is 11.8 Å². The number of nitrogens with zero attached hydrogens (tertiary/aromatic N) is 5. The highest BCUT2D eigenvalue weighted by Gasteiger charge is 2.56. The fraction of sp³-hybridized carbons (Fsp3) is 0.441. The number of sulfone groups is 1. The molecule has 2 aromatic carbocycles. The molecule has 2 aromatic heterocycles. The van der Waals surface area contributed by atoms with E-state index >= 15 is 4.39 Å². The molecule has 4 saturated heterocycles. The van der Waals surface area contributed by atoms with E-state index in [4.69, 9.17) is 9.97 Å². The van der Waals surface area contributed by atoms with E-state index in [0.717, 1.165) is 55.6 Å². The number of nitrogens with one attached hydrogen (secondary N) is 2. The number of thiazole rings is 1. The molecule has 4 aromatic rings. The number of rotatable bonds is 9. The second-order valence-electron chi connectivity index (χ2n) is 14.5. The number of hydrogen-bond donors (Lipinski definition) is 2. The fourth-order valence-corrected chi connectivity index (χ4v) is 13.9. The van der Waals surface area contributed by atoms with Crippen molar-refractivity contribution in [3.8, 4) is 21.8 Å². The highest BCUT2D eigenvalue weighted by atomic mass is 32.2. The van der Waals surface area contributed by atoms with Crippen LogP contribution in [0.25, 0.3) is 21.8 Å². The van der Waals surface area contributed by atoms with Gasteiger partial charge in [-0.1, -0.05) is 23.5 Å². The number of sulfonamides is 1. The first-order valence-electron chi connectivity index (χ1n) is 17.0. The minimum atomic E-state index is -4.85. The van der Waals surface area contributed by atoms with E-state index in [1.54, 1.807) is 12.3 Å². The number of fused-ring (bicyclic) bond motifs is 2. The molecule has 52 heavy (non-hydrogen) atoms. The van der Waals surface area contributed by atoms with Gasteiger partial charge in [-0.05, 0) is 56.0 Å². The smallest absolute Gasteiger partial charge is 0.267 e. The lowest BCUT2D eigenvalue weighted by Crippen LogP contribution is -2.60. The predicted molar refractivity (Wildman–Crippen MR) is 195 cm³/mol. The second kappa shape index (κ2) is 12.6. The van der Waals surface area contributed by atoms with E-state index in [0.29, 0.717) is 40.5 Å². The molecule has 11 nitrogen and oxygen atoms in total. The van der Waals surface area contributed by atoms with Gasteiger partial charge in [0.1, 0.15) is 11.6 Å². The number of aromatic nitrogens is 3. The van der Waals surface area contributed by atoms with Gasteiger partial charge in [0.2, 0.25) is 5.95 Å². The Morgan fingerprint density at radius 1 is 0.904 bits per heavy atom. The zero-order valence-corrected chi connectivity index (χ0v) is 30.9. The molecule has 5 fully saturated rings. The molecule has 2 unspecified atom stereocenters. The zero-order valence-electron chi connectivity index (χ0n) is 27.6. The number of piperazine rings is 1. The summed E-state index contributed by atoms with van der Waals surface area (Å²) in [6.07, 6.45) is 5.02. The molecule has 274 valence electrons. The van der Waals surface area contributed by atoms with Crippen molar-refractivity contribution in [3.05, 3.63) is 66.1 Å². The molecule has 2 bridgehead atoms. The molecule has 2 atom stereocenters. The van der Waals surface area contributed by atoms with Crippen molar-refractivity contribution >= 4 is 59.7 Å². The molecule has 2 N–H and O–H groups in total. The van der Waals surface area contributed by atoms with E-state index < -0.39 is 47.9 Å². The molecular weight excluding hydrogens is 756 g/mol. The van der Waals surface area contributed by atoms with Gasteiger partial charge < -0.3 is 10.2 Å². The number of anilines is 3. The summed E-state index contributed by atoms with van der Waals surface area (Å²) in [5.41, 5.74) is 0.0586. The maximum atomic E-state index is 16.5. The third-order valence-electron chi connectivity index (χ3n) is 10.8. The molecule has 0 amide bonds. The highest BCUT2D eigenvalue weighted by Crippen LogP contribution is 2.51. The van der Waals surface area contributed by atoms with Crippen LogP contribution in [0.3, 0.4) is 0 Å². The van der Waals surface area contributed by atoms with Gasteiger partial charge in [-0.15, -0.1) is 0 Å². The second-order valence-corrected chi connectivity index (χ2v) is 20.2. The monoisotopic (exact) mass is 789 g/mol. The number of hydrogen-bond acceptors (Lipinski definition) is 12. The normalized spacial score (nSPS) is 23.9. The number of thioether (sulfide) groups is 1. The first-order valence-corrected chi connectivity index (χ1v) is 22.3. The van der Waals surface area contributed by atoms with Crippen LogP contribution in [0.5, 0.6) is 0 Å². The van der Waals surface area contributed by atoms with Gasteiger partial charge in [-0.3, -0.25) is 9.62 Å². The van der Waals surface area contributed by atoms with Crippen LogP contribution in [0.15, 0.2) is 53.6 Å². The molecule has 4 aliphatic heterocycles. The fourth-order valence-electron chi connectivity index (χ4n) is 8.44. The van der Waals surface area contributed by atoms with Crippen LogP contribution in [0.1, 0.15) is 25.7 Å². The zero-order chi connectivity index (χ0) is 36.0. The molecule has 1 saturated carbocycles. The average Bonchev–Trinajstić information content (AvgIpc) is 3.57. The summed E-state index contributed by atoms with van der Waals surface area (Å²) in [5.74, 6) is -0.526. The number of benzene rings is 2. The lowest BCUT2D eigenvalue weighted by Gasteiger charge is -2.53. The summed E-state index contributed by atoms with van der Waals surface area (Å²) in [5, 5.41) is 4.04. The van der Waals surface area contributed by atoms with Crippen LogP contribution in [-0.4, -0.2) is 97.0 Å². The Labute approximate surface area is 307 Å². The van der Waals surface area contributed by atoms with E-state index in [1.807, 2.05) is 16.5 Å². The van der Waals surface area contributed by atoms with Gasteiger partial charge in [0.15, 0.2) is 25.7 Å². The Balaban J connectivity index is 1.06. The van der Waals surface area contributed by atoms with E-state index in [-0.39, 0.29) is 46.3 Å². The lowest BCUT2D eigenvalue weighted by molar-refractivity contribution is 0.153. The lowest BCUT2D eigenvalue weighted by atomic mass is 9.67. The summed E-state index contributed by atoms with van der Waals surface area (Å²) in [7, 11) is -7.79. The van der Waals surface area contributed by atoms with Gasteiger partial charge in [0, 0.05) is 65.9 Å². The summed E-state index contributed by atoms with van der Waals surface area (Å²) in [6, 6.07) is 9.59. The van der Waals surface area contributed by atoms with Crippen molar-refractivity contribution in [1.82, 2.24) is 19.9 Å². The van der Waals surface area contributed by atoms with Crippen molar-refractivity contribution in [2.75, 3.05) is 51.0 Å². The van der Waals surface area contributed by atoms with Crippen LogP contribution in [-0.2, 0) is 19.9 Å². The standard InChI is InChI=1S/C34H34F3N7O4S4/c35-24-4-2-5-25(36)31(24)52(47,48)42-26-6-1-3-23(28(26)37)29-30(27-9-10-38-32(40-27)39-19-11-34(12-19)17-51(45,46)18-34)50-33(41-29)44-20-7-8-21(44)14-43(13-20)22-15-49-16-22/h1-6,9-10,19-22,42H,7-8,11-18H2,(H,38,39,40). The topological polar surface area (TPSA) is 137 Å². The SMILES string of the molecule is O=S1(=O)CC2(CC(Nc3nccc(-c4sc(N5C6CCC5CN(C5CSC5)C6)nc4-c4cccc(NS(=O)(=O)c5c(F)cccc5F)c4F)n3)C2)C1. The van der Waals surface area contributed by atoms with Gasteiger partial charge >= 0.3 is 0 Å². The Kier molecular flexibility index (Phi) is 8.30. The largest absolute Gasteiger partial charge is 0.351 e. The van der Waals surface area contributed by atoms with E-state index in [2.05, 4.69) is 20.1 Å². The maximum Gasteiger partial charge on any atom is 0.267 e. The third kappa shape index (κ3) is 6.03. The van der Waals surface area contributed by atoms with Crippen molar-refractivity contribution in [1.29, 1.82) is 0 Å². The first-order chi connectivity index (χ1) is 24.9. The molecule has 9 rings (SSSR count). The Morgan fingerprint density at radius 2 is 1.60 bits per heavy atom. The molecule has 1 aliphatic carbocycles. The quantitative estimate of drug-likeness (QED) is 0.230. The van der Waals surface area contributed by atoms with Crippen molar-refractivity contribution in [2.24, 2.45) is 5.41 Å². The van der Waals surface area contributed by atoms with Crippen molar-refractivity contribution < 1.29 is 30.0 Å². The minimum absolute atomic E-state index is 0.00979. The summed E-state index contributed by atoms with van der Waals surface area (Å²) in [4.78, 5) is 18.5. The maximum absolute atomic E-state index is 16.5. The van der Waals surface area contributed by atoms with Crippen molar-refractivity contribution in [2.45, 2.75) is 54.7 Å². The van der Waals surface area contributed by atoms with Crippen LogP contribution in [0, 0.1) is 22.9 Å². The number of likely N-dealkylation sites (tertiary alicyclic amines) is 1. The van der Waals surface area contributed by atoms with Gasteiger partial charge in [0.25, 0.3) is 10.0 Å². The van der Waals surface area contributed by atoms with E-state index in [9.17, 15) is 25.6 Å². The van der Waals surface area contributed by atoms with Crippen LogP contribution < -0.4 is 14.9 Å². The molecule has 6 heterocycles. The minimum Gasteiger partial charge on any atom is -0.351 e. The molecular formula is C34H34F3N7O4S4. The van der Waals surface area contributed by atoms with Crippen molar-refractivity contribution in [3.63, 3.8) is 0 Å². The molecule has 18 heteroatoms. The summed E-state index contributed by atoms with van der Waals surface area (Å²) >= 11 is 3.34. The van der Waals surface area contributed by atoms with Crippen LogP contribution in [0.2, 0.25) is 0 Å². The van der Waals surface area contributed by atoms with Gasteiger partial charge in [-0.25, -0.2) is 45.0 Å². The molecule has 5 aliphatic rings. The van der Waals surface area contributed by atoms with E-state index in [1.165, 1.54) is 29.5 Å².